The minimum absolute atomic E-state index is 0.0112. The van der Waals surface area contributed by atoms with Crippen LogP contribution in [0.25, 0.3) is 11.1 Å². The van der Waals surface area contributed by atoms with Gasteiger partial charge in [0, 0.05) is 33.2 Å². The lowest BCUT2D eigenvalue weighted by Gasteiger charge is -2.31. The number of benzene rings is 2. The summed E-state index contributed by atoms with van der Waals surface area (Å²) in [5.41, 5.74) is 3.40. The number of hydrogen-bond donors (Lipinski definition) is 1. The van der Waals surface area contributed by atoms with E-state index in [1.807, 2.05) is 30.3 Å². The molecule has 2 aromatic carbocycles. The number of nitrogens with one attached hydrogen (secondary N) is 1. The molecule has 1 heterocycles. The summed E-state index contributed by atoms with van der Waals surface area (Å²) >= 11 is 0. The zero-order chi connectivity index (χ0) is 19.1. The lowest BCUT2D eigenvalue weighted by atomic mass is 9.96. The number of hydrogen-bond acceptors (Lipinski definition) is 3. The molecule has 1 atom stereocenters. The Labute approximate surface area is 160 Å². The molecular weight excluding hydrogens is 340 g/mol. The topological polar surface area (TPSA) is 58.6 Å². The van der Waals surface area contributed by atoms with Crippen molar-refractivity contribution < 1.29 is 14.3 Å². The molecule has 0 saturated carbocycles. The van der Waals surface area contributed by atoms with E-state index in [4.69, 9.17) is 4.74 Å². The molecule has 0 radical (unpaired) electrons. The molecule has 5 heteroatoms. The van der Waals surface area contributed by atoms with Crippen molar-refractivity contribution in [3.63, 3.8) is 0 Å². The van der Waals surface area contributed by atoms with Gasteiger partial charge in [-0.2, -0.15) is 0 Å². The number of likely N-dealkylation sites (tertiary alicyclic amines) is 1. The summed E-state index contributed by atoms with van der Waals surface area (Å²) in [6.07, 6.45) is 1.04. The summed E-state index contributed by atoms with van der Waals surface area (Å²) in [5, 5.41) is 3.01. The summed E-state index contributed by atoms with van der Waals surface area (Å²) < 4.78 is 5.04. The fourth-order valence-corrected chi connectivity index (χ4v) is 3.33. The molecule has 1 fully saturated rings. The Morgan fingerprint density at radius 2 is 1.81 bits per heavy atom. The summed E-state index contributed by atoms with van der Waals surface area (Å²) in [4.78, 5) is 26.2. The third kappa shape index (κ3) is 5.17. The van der Waals surface area contributed by atoms with Crippen LogP contribution < -0.4 is 5.32 Å². The fraction of sp³-hybridized carbons (Fsp3) is 0.364. The molecule has 0 aliphatic carbocycles. The first kappa shape index (κ1) is 19.1. The Hall–Kier alpha value is -2.66. The highest BCUT2D eigenvalue weighted by Gasteiger charge is 2.29. The molecule has 27 heavy (non-hydrogen) atoms. The number of amides is 2. The van der Waals surface area contributed by atoms with Crippen molar-refractivity contribution in [2.24, 2.45) is 5.92 Å². The minimum Gasteiger partial charge on any atom is -0.383 e. The Balaban J connectivity index is 1.52. The second-order valence-electron chi connectivity index (χ2n) is 6.85. The van der Waals surface area contributed by atoms with Crippen LogP contribution in [0.15, 0.2) is 54.6 Å². The van der Waals surface area contributed by atoms with Gasteiger partial charge in [0.15, 0.2) is 0 Å². The van der Waals surface area contributed by atoms with Gasteiger partial charge in [0.25, 0.3) is 0 Å². The van der Waals surface area contributed by atoms with Crippen LogP contribution >= 0.6 is 0 Å². The van der Waals surface area contributed by atoms with Crippen molar-refractivity contribution in [2.45, 2.75) is 19.4 Å². The van der Waals surface area contributed by atoms with Crippen LogP contribution in [0.3, 0.4) is 0 Å². The summed E-state index contributed by atoms with van der Waals surface area (Å²) in [5.74, 6) is -0.0344. The molecule has 0 spiro atoms. The zero-order valence-corrected chi connectivity index (χ0v) is 15.7. The first-order chi connectivity index (χ1) is 13.2. The number of ether oxygens (including phenoxy) is 1. The maximum atomic E-state index is 12.5. The number of carbonyl (C=O) groups is 2. The normalized spacial score (nSPS) is 17.0. The van der Waals surface area contributed by atoms with Crippen LogP contribution in [0.4, 0.5) is 0 Å². The SMILES string of the molecule is COCCN1C[C@@H](C(=O)NCc2ccc(-c3ccccc3)cc2)CCC1=O. The molecule has 0 unspecified atom stereocenters. The lowest BCUT2D eigenvalue weighted by Crippen LogP contribution is -2.46. The Morgan fingerprint density at radius 1 is 1.11 bits per heavy atom. The van der Waals surface area contributed by atoms with E-state index in [0.717, 1.165) is 11.1 Å². The van der Waals surface area contributed by atoms with Gasteiger partial charge in [-0.3, -0.25) is 9.59 Å². The number of methoxy groups -OCH3 is 1. The first-order valence-electron chi connectivity index (χ1n) is 9.36. The van der Waals surface area contributed by atoms with Gasteiger partial charge >= 0.3 is 0 Å². The van der Waals surface area contributed by atoms with Gasteiger partial charge in [-0.05, 0) is 23.1 Å². The molecule has 1 aliphatic heterocycles. The van der Waals surface area contributed by atoms with Crippen LogP contribution in [0.2, 0.25) is 0 Å². The highest BCUT2D eigenvalue weighted by atomic mass is 16.5. The number of carbonyl (C=O) groups excluding carboxylic acids is 2. The van der Waals surface area contributed by atoms with E-state index in [2.05, 4.69) is 29.6 Å². The van der Waals surface area contributed by atoms with Crippen LogP contribution in [-0.4, -0.2) is 43.5 Å². The third-order valence-corrected chi connectivity index (χ3v) is 4.96. The quantitative estimate of drug-likeness (QED) is 0.820. The van der Waals surface area contributed by atoms with Crippen molar-refractivity contribution in [2.75, 3.05) is 26.8 Å². The van der Waals surface area contributed by atoms with Gasteiger partial charge in [0.2, 0.25) is 11.8 Å². The van der Waals surface area contributed by atoms with Crippen LogP contribution in [-0.2, 0) is 20.9 Å². The second kappa shape index (κ2) is 9.33. The monoisotopic (exact) mass is 366 g/mol. The number of nitrogens with zero attached hydrogens (tertiary/aromatic N) is 1. The molecule has 2 amide bonds. The van der Waals surface area contributed by atoms with E-state index < -0.39 is 0 Å². The number of piperidine rings is 1. The van der Waals surface area contributed by atoms with E-state index in [1.165, 1.54) is 5.56 Å². The standard InChI is InChI=1S/C22H26N2O3/c1-27-14-13-24-16-20(11-12-21(24)25)22(26)23-15-17-7-9-19(10-8-17)18-5-3-2-4-6-18/h2-10,20H,11-16H2,1H3,(H,23,26)/t20-/m0/s1. The van der Waals surface area contributed by atoms with Crippen molar-refractivity contribution in [3.8, 4) is 11.1 Å². The van der Waals surface area contributed by atoms with Crippen molar-refractivity contribution in [1.29, 1.82) is 0 Å². The van der Waals surface area contributed by atoms with E-state index in [1.54, 1.807) is 12.0 Å². The molecule has 1 aliphatic rings. The van der Waals surface area contributed by atoms with Crippen LogP contribution in [0.5, 0.6) is 0 Å². The third-order valence-electron chi connectivity index (χ3n) is 4.96. The van der Waals surface area contributed by atoms with Gasteiger partial charge in [-0.1, -0.05) is 54.6 Å². The van der Waals surface area contributed by atoms with Gasteiger partial charge < -0.3 is 15.0 Å². The highest BCUT2D eigenvalue weighted by Crippen LogP contribution is 2.20. The van der Waals surface area contributed by atoms with Crippen molar-refractivity contribution in [3.05, 3.63) is 60.2 Å². The first-order valence-corrected chi connectivity index (χ1v) is 9.36. The minimum atomic E-state index is -0.150. The van der Waals surface area contributed by atoms with Crippen molar-refractivity contribution in [1.82, 2.24) is 10.2 Å². The molecule has 1 saturated heterocycles. The smallest absolute Gasteiger partial charge is 0.225 e. The van der Waals surface area contributed by atoms with Gasteiger partial charge in [-0.15, -0.1) is 0 Å². The van der Waals surface area contributed by atoms with E-state index in [0.29, 0.717) is 39.1 Å². The molecule has 0 bridgehead atoms. The zero-order valence-electron chi connectivity index (χ0n) is 15.7. The molecule has 2 aromatic rings. The highest BCUT2D eigenvalue weighted by molar-refractivity contribution is 5.83. The maximum absolute atomic E-state index is 12.5. The average molecular weight is 366 g/mol. The Morgan fingerprint density at radius 3 is 2.52 bits per heavy atom. The molecular formula is C22H26N2O3. The molecule has 142 valence electrons. The number of rotatable bonds is 7. The Kier molecular flexibility index (Phi) is 6.60. The van der Waals surface area contributed by atoms with Gasteiger partial charge in [0.1, 0.15) is 0 Å². The van der Waals surface area contributed by atoms with E-state index >= 15 is 0 Å². The molecule has 3 rings (SSSR count). The summed E-state index contributed by atoms with van der Waals surface area (Å²) in [6.45, 7) is 2.01. The van der Waals surface area contributed by atoms with Crippen LogP contribution in [0, 0.1) is 5.92 Å². The predicted octanol–water partition coefficient (Wildman–Crippen LogP) is 2.85. The molecule has 5 nitrogen and oxygen atoms in total. The lowest BCUT2D eigenvalue weighted by molar-refractivity contribution is -0.138. The van der Waals surface area contributed by atoms with Gasteiger partial charge in [-0.25, -0.2) is 0 Å². The maximum Gasteiger partial charge on any atom is 0.225 e. The molecule has 0 aromatic heterocycles. The van der Waals surface area contributed by atoms with E-state index in [-0.39, 0.29) is 17.7 Å². The summed E-state index contributed by atoms with van der Waals surface area (Å²) in [6, 6.07) is 18.4. The van der Waals surface area contributed by atoms with Crippen LogP contribution in [0.1, 0.15) is 18.4 Å². The fourth-order valence-electron chi connectivity index (χ4n) is 3.33. The van der Waals surface area contributed by atoms with Gasteiger partial charge in [0.05, 0.1) is 12.5 Å². The van der Waals surface area contributed by atoms with Crippen molar-refractivity contribution >= 4 is 11.8 Å². The predicted molar refractivity (Wildman–Crippen MR) is 105 cm³/mol. The van der Waals surface area contributed by atoms with E-state index in [9.17, 15) is 9.59 Å². The molecule has 1 N–H and O–H groups in total. The average Bonchev–Trinajstić information content (AvgIpc) is 2.72. The largest absolute Gasteiger partial charge is 0.383 e. The second-order valence-corrected chi connectivity index (χ2v) is 6.85. The summed E-state index contributed by atoms with van der Waals surface area (Å²) in [7, 11) is 1.61. The Bertz CT molecular complexity index is 759.